The normalized spacial score (nSPS) is 26.6. The van der Waals surface area contributed by atoms with Crippen molar-refractivity contribution in [1.29, 1.82) is 0 Å². The van der Waals surface area contributed by atoms with Crippen LogP contribution in [0.1, 0.15) is 50.5 Å². The van der Waals surface area contributed by atoms with E-state index in [-0.39, 0.29) is 17.9 Å². The third kappa shape index (κ3) is 6.29. The molecule has 2 aliphatic carbocycles. The smallest absolute Gasteiger partial charge is 0.222 e. The number of hydrogen-bond donors (Lipinski definition) is 2. The standard InChI is InChI=1S/C26H37NO3/c1-27(2)26(30)11-7-6-10-20-16-21-18-25(29)23(24(21)17-20)15-14-22(28)13-12-19-8-4-3-5-9-19/h3-5,8-9,14-16,21-25,28-29H,6-7,10-13,17-18H2,1-2H3/t21-,22+,23+,24-,25+/m0/s1. The molecule has 4 nitrogen and oxygen atoms in total. The molecule has 1 fully saturated rings. The first-order valence-electron chi connectivity index (χ1n) is 11.4. The number of rotatable bonds is 10. The zero-order valence-corrected chi connectivity index (χ0v) is 18.4. The molecule has 1 saturated carbocycles. The van der Waals surface area contributed by atoms with Crippen LogP contribution >= 0.6 is 0 Å². The van der Waals surface area contributed by atoms with Gasteiger partial charge in [-0.1, -0.05) is 54.1 Å². The third-order valence-electron chi connectivity index (χ3n) is 6.71. The minimum atomic E-state index is -0.473. The van der Waals surface area contributed by atoms with Crippen molar-refractivity contribution in [2.45, 2.75) is 63.6 Å². The lowest BCUT2D eigenvalue weighted by atomic mass is 9.88. The Hall–Kier alpha value is -1.91. The number of amides is 1. The maximum atomic E-state index is 11.7. The van der Waals surface area contributed by atoms with Crippen LogP contribution in [0.2, 0.25) is 0 Å². The Balaban J connectivity index is 1.43. The van der Waals surface area contributed by atoms with Gasteiger partial charge in [0.1, 0.15) is 0 Å². The molecular weight excluding hydrogens is 374 g/mol. The molecule has 0 unspecified atom stereocenters. The second-order valence-electron chi connectivity index (χ2n) is 9.21. The molecular formula is C26H37NO3. The third-order valence-corrected chi connectivity index (χ3v) is 6.71. The molecule has 1 amide bonds. The summed E-state index contributed by atoms with van der Waals surface area (Å²) in [4.78, 5) is 13.3. The summed E-state index contributed by atoms with van der Waals surface area (Å²) in [5.41, 5.74) is 2.72. The summed E-state index contributed by atoms with van der Waals surface area (Å²) >= 11 is 0. The molecule has 1 aromatic carbocycles. The summed E-state index contributed by atoms with van der Waals surface area (Å²) in [6, 6.07) is 10.2. The monoisotopic (exact) mass is 411 g/mol. The number of unbranched alkanes of at least 4 members (excludes halogenated alkanes) is 1. The van der Waals surface area contributed by atoms with E-state index in [9.17, 15) is 15.0 Å². The molecule has 0 saturated heterocycles. The first-order chi connectivity index (χ1) is 14.4. The van der Waals surface area contributed by atoms with Crippen LogP contribution in [0.4, 0.5) is 0 Å². The quantitative estimate of drug-likeness (QED) is 0.450. The first-order valence-corrected chi connectivity index (χ1v) is 11.4. The largest absolute Gasteiger partial charge is 0.392 e. The highest BCUT2D eigenvalue weighted by Crippen LogP contribution is 2.48. The van der Waals surface area contributed by atoms with Crippen LogP contribution in [0.15, 0.2) is 54.1 Å². The average Bonchev–Trinajstić information content (AvgIpc) is 3.25. The number of carbonyl (C=O) groups is 1. The zero-order valence-electron chi connectivity index (χ0n) is 18.4. The van der Waals surface area contributed by atoms with Gasteiger partial charge < -0.3 is 15.1 Å². The van der Waals surface area contributed by atoms with Crippen molar-refractivity contribution in [3.63, 3.8) is 0 Å². The van der Waals surface area contributed by atoms with Gasteiger partial charge in [-0.2, -0.15) is 0 Å². The van der Waals surface area contributed by atoms with E-state index in [2.05, 4.69) is 24.3 Å². The Bertz CT molecular complexity index is 740. The van der Waals surface area contributed by atoms with Gasteiger partial charge in [0.05, 0.1) is 12.2 Å². The van der Waals surface area contributed by atoms with Gasteiger partial charge in [0.2, 0.25) is 5.91 Å². The van der Waals surface area contributed by atoms with E-state index in [1.807, 2.05) is 24.3 Å². The fourth-order valence-corrected chi connectivity index (χ4v) is 4.95. The van der Waals surface area contributed by atoms with E-state index in [1.54, 1.807) is 19.0 Å². The highest BCUT2D eigenvalue weighted by atomic mass is 16.3. The fraction of sp³-hybridized carbons (Fsp3) is 0.577. The Morgan fingerprint density at radius 2 is 1.97 bits per heavy atom. The molecule has 5 atom stereocenters. The fourth-order valence-electron chi connectivity index (χ4n) is 4.95. The van der Waals surface area contributed by atoms with Crippen molar-refractivity contribution in [1.82, 2.24) is 4.90 Å². The lowest BCUT2D eigenvalue weighted by molar-refractivity contribution is -0.128. The van der Waals surface area contributed by atoms with Crippen molar-refractivity contribution in [2.75, 3.05) is 14.1 Å². The van der Waals surface area contributed by atoms with E-state index in [4.69, 9.17) is 0 Å². The van der Waals surface area contributed by atoms with Crippen LogP contribution in [0.25, 0.3) is 0 Å². The van der Waals surface area contributed by atoms with Crippen LogP contribution in [-0.2, 0) is 11.2 Å². The molecule has 2 aliphatic rings. The number of aryl methyl sites for hydroxylation is 1. The van der Waals surface area contributed by atoms with Crippen LogP contribution < -0.4 is 0 Å². The van der Waals surface area contributed by atoms with Crippen molar-refractivity contribution < 1.29 is 15.0 Å². The molecule has 0 bridgehead atoms. The minimum Gasteiger partial charge on any atom is -0.392 e. The van der Waals surface area contributed by atoms with Gasteiger partial charge in [-0.3, -0.25) is 4.79 Å². The SMILES string of the molecule is CN(C)C(=O)CCCCC1=C[C@H]2C[C@@H](O)[C@H](C=C[C@H](O)CCc3ccccc3)[C@H]2C1. The van der Waals surface area contributed by atoms with Crippen LogP contribution in [0.3, 0.4) is 0 Å². The molecule has 0 spiro atoms. The molecule has 0 radical (unpaired) electrons. The number of benzene rings is 1. The molecule has 0 aromatic heterocycles. The molecule has 0 heterocycles. The Morgan fingerprint density at radius 1 is 1.20 bits per heavy atom. The number of aliphatic hydroxyl groups is 2. The molecule has 0 aliphatic heterocycles. The summed E-state index contributed by atoms with van der Waals surface area (Å²) in [6.45, 7) is 0. The molecule has 3 rings (SSSR count). The molecule has 2 N–H and O–H groups in total. The number of nitrogens with zero attached hydrogens (tertiary/aromatic N) is 1. The summed E-state index contributed by atoms with van der Waals surface area (Å²) in [7, 11) is 3.61. The van der Waals surface area contributed by atoms with Crippen molar-refractivity contribution in [3.05, 3.63) is 59.7 Å². The van der Waals surface area contributed by atoms with Gasteiger partial charge >= 0.3 is 0 Å². The molecule has 1 aromatic rings. The highest BCUT2D eigenvalue weighted by molar-refractivity contribution is 5.75. The van der Waals surface area contributed by atoms with E-state index in [0.29, 0.717) is 24.7 Å². The topological polar surface area (TPSA) is 60.8 Å². The van der Waals surface area contributed by atoms with Gasteiger partial charge in [0.15, 0.2) is 0 Å². The number of fused-ring (bicyclic) bond motifs is 1. The average molecular weight is 412 g/mol. The summed E-state index contributed by atoms with van der Waals surface area (Å²) in [6.07, 6.45) is 12.6. The summed E-state index contributed by atoms with van der Waals surface area (Å²) in [5.74, 6) is 1.24. The van der Waals surface area contributed by atoms with E-state index in [0.717, 1.165) is 38.5 Å². The van der Waals surface area contributed by atoms with Crippen LogP contribution in [-0.4, -0.2) is 47.3 Å². The number of allylic oxidation sites excluding steroid dienone is 2. The first kappa shape index (κ1) is 22.8. The Morgan fingerprint density at radius 3 is 2.70 bits per heavy atom. The van der Waals surface area contributed by atoms with E-state index >= 15 is 0 Å². The van der Waals surface area contributed by atoms with Gasteiger partial charge in [0, 0.05) is 26.4 Å². The van der Waals surface area contributed by atoms with Crippen LogP contribution in [0.5, 0.6) is 0 Å². The van der Waals surface area contributed by atoms with Gasteiger partial charge in [-0.25, -0.2) is 0 Å². The van der Waals surface area contributed by atoms with Crippen molar-refractivity contribution in [2.24, 2.45) is 17.8 Å². The maximum absolute atomic E-state index is 11.7. The number of aliphatic hydroxyl groups excluding tert-OH is 2. The van der Waals surface area contributed by atoms with E-state index in [1.165, 1.54) is 11.1 Å². The van der Waals surface area contributed by atoms with Crippen molar-refractivity contribution in [3.8, 4) is 0 Å². The van der Waals surface area contributed by atoms with Gasteiger partial charge in [0.25, 0.3) is 0 Å². The van der Waals surface area contributed by atoms with E-state index < -0.39 is 6.10 Å². The Labute approximate surface area is 181 Å². The lowest BCUT2D eigenvalue weighted by Gasteiger charge is -2.19. The molecule has 30 heavy (non-hydrogen) atoms. The second-order valence-corrected chi connectivity index (χ2v) is 9.21. The predicted octanol–water partition coefficient (Wildman–Crippen LogP) is 4.13. The Kier molecular flexibility index (Phi) is 8.29. The zero-order chi connectivity index (χ0) is 21.5. The van der Waals surface area contributed by atoms with Crippen molar-refractivity contribution >= 4 is 5.91 Å². The molecule has 164 valence electrons. The highest BCUT2D eigenvalue weighted by Gasteiger charge is 2.43. The second kappa shape index (κ2) is 10.9. The molecule has 4 heteroatoms. The lowest BCUT2D eigenvalue weighted by Crippen LogP contribution is -2.21. The maximum Gasteiger partial charge on any atom is 0.222 e. The minimum absolute atomic E-state index is 0.130. The van der Waals surface area contributed by atoms with Gasteiger partial charge in [-0.05, 0) is 62.3 Å². The van der Waals surface area contributed by atoms with Gasteiger partial charge in [-0.15, -0.1) is 0 Å². The summed E-state index contributed by atoms with van der Waals surface area (Å²) < 4.78 is 0. The predicted molar refractivity (Wildman–Crippen MR) is 121 cm³/mol. The number of carbonyl (C=O) groups excluding carboxylic acids is 1. The summed E-state index contributed by atoms with van der Waals surface area (Å²) in [5, 5.41) is 20.9. The number of hydrogen-bond acceptors (Lipinski definition) is 3. The van der Waals surface area contributed by atoms with Crippen LogP contribution in [0, 0.1) is 17.8 Å².